The van der Waals surface area contributed by atoms with Gasteiger partial charge in [0.1, 0.15) is 12.1 Å². The summed E-state index contributed by atoms with van der Waals surface area (Å²) in [6.45, 7) is 1.61. The number of Topliss-reactive ketones (excluding diaryl/α,β-unsaturated/α-hetero) is 1. The molecular formula is C26H28N4O6. The minimum Gasteiger partial charge on any atom is -0.390 e. The van der Waals surface area contributed by atoms with Crippen molar-refractivity contribution in [2.24, 2.45) is 5.73 Å². The normalized spacial score (nSPS) is 23.2. The number of hydrogen-bond donors (Lipinski definition) is 5. The molecular weight excluding hydrogens is 464 g/mol. The van der Waals surface area contributed by atoms with Crippen LogP contribution >= 0.6 is 0 Å². The molecule has 0 fully saturated rings. The van der Waals surface area contributed by atoms with E-state index in [1.165, 1.54) is 17.9 Å². The topological polar surface area (TPSA) is 162 Å². The van der Waals surface area contributed by atoms with Crippen LogP contribution in [0.5, 0.6) is 0 Å². The number of benzene rings is 2. The van der Waals surface area contributed by atoms with Crippen LogP contribution in [0.15, 0.2) is 60.2 Å². The molecule has 2 aliphatic rings. The van der Waals surface area contributed by atoms with Crippen molar-refractivity contribution in [3.63, 3.8) is 0 Å². The Morgan fingerprint density at radius 2 is 1.64 bits per heavy atom. The fraction of sp³-hybridized carbons (Fsp3) is 0.308. The third-order valence-corrected chi connectivity index (χ3v) is 6.53. The lowest BCUT2D eigenvalue weighted by Crippen LogP contribution is -2.54. The lowest BCUT2D eigenvalue weighted by atomic mass is 9.88. The van der Waals surface area contributed by atoms with E-state index in [4.69, 9.17) is 5.73 Å². The summed E-state index contributed by atoms with van der Waals surface area (Å²) in [6, 6.07) is 11.1. The second-order valence-electron chi connectivity index (χ2n) is 9.04. The first-order valence-corrected chi connectivity index (χ1v) is 11.6. The summed E-state index contributed by atoms with van der Waals surface area (Å²) in [6.07, 6.45) is -1.12. The molecule has 1 aliphatic carbocycles. The van der Waals surface area contributed by atoms with Crippen LogP contribution in [0, 0.1) is 0 Å². The first-order valence-electron chi connectivity index (χ1n) is 11.6. The molecule has 10 heteroatoms. The molecule has 0 saturated carbocycles. The van der Waals surface area contributed by atoms with Gasteiger partial charge in [0.15, 0.2) is 5.78 Å². The number of amides is 4. The summed E-state index contributed by atoms with van der Waals surface area (Å²) in [5, 5.41) is 26.0. The fourth-order valence-corrected chi connectivity index (χ4v) is 4.54. The molecule has 4 amide bonds. The number of nitrogens with zero attached hydrogens (tertiary/aromatic N) is 1. The Morgan fingerprint density at radius 3 is 2.28 bits per heavy atom. The number of urea groups is 1. The molecule has 0 spiro atoms. The van der Waals surface area contributed by atoms with Crippen molar-refractivity contribution in [1.82, 2.24) is 10.2 Å². The first kappa shape index (κ1) is 25.1. The predicted octanol–water partition coefficient (Wildman–Crippen LogP) is 0.870. The molecule has 6 N–H and O–H groups in total. The van der Waals surface area contributed by atoms with Crippen molar-refractivity contribution < 1.29 is 29.4 Å². The Balaban J connectivity index is 1.51. The van der Waals surface area contributed by atoms with Crippen LogP contribution in [0.4, 0.5) is 10.5 Å². The van der Waals surface area contributed by atoms with E-state index in [9.17, 15) is 29.4 Å². The average Bonchev–Trinajstić information content (AvgIpc) is 2.85. The molecule has 188 valence electrons. The second kappa shape index (κ2) is 10.3. The summed E-state index contributed by atoms with van der Waals surface area (Å²) in [4.78, 5) is 50.9. The highest BCUT2D eigenvalue weighted by Crippen LogP contribution is 2.28. The molecule has 1 heterocycles. The summed E-state index contributed by atoms with van der Waals surface area (Å²) in [7, 11) is 0. The maximum Gasteiger partial charge on any atom is 0.319 e. The third kappa shape index (κ3) is 5.29. The number of aliphatic hydroxyl groups is 2. The Kier molecular flexibility index (Phi) is 7.18. The van der Waals surface area contributed by atoms with E-state index in [1.54, 1.807) is 24.3 Å². The minimum atomic E-state index is -1.35. The summed E-state index contributed by atoms with van der Waals surface area (Å²) in [5.41, 5.74) is 8.50. The van der Waals surface area contributed by atoms with Gasteiger partial charge in [0, 0.05) is 36.2 Å². The number of anilines is 1. The van der Waals surface area contributed by atoms with E-state index in [0.29, 0.717) is 11.3 Å². The number of carbonyl (C=O) groups excluding carboxylic acids is 4. The molecule has 2 aromatic rings. The van der Waals surface area contributed by atoms with Gasteiger partial charge in [-0.25, -0.2) is 4.79 Å². The van der Waals surface area contributed by atoms with Gasteiger partial charge in [-0.05, 0) is 42.3 Å². The number of ketones is 1. The lowest BCUT2D eigenvalue weighted by Gasteiger charge is -2.38. The molecule has 0 unspecified atom stereocenters. The Bertz CT molecular complexity index is 1230. The second-order valence-corrected chi connectivity index (χ2v) is 9.04. The number of aliphatic hydroxyl groups excluding tert-OH is 2. The number of fused-ring (bicyclic) bond motifs is 1. The van der Waals surface area contributed by atoms with E-state index in [2.05, 4.69) is 10.6 Å². The molecule has 0 bridgehead atoms. The monoisotopic (exact) mass is 492 g/mol. The number of carbonyl (C=O) groups is 4. The molecule has 4 atom stereocenters. The van der Waals surface area contributed by atoms with Crippen LogP contribution in [0.2, 0.25) is 0 Å². The molecule has 0 aromatic heterocycles. The average molecular weight is 493 g/mol. The van der Waals surface area contributed by atoms with Crippen LogP contribution in [-0.4, -0.2) is 63.0 Å². The largest absolute Gasteiger partial charge is 0.390 e. The molecule has 2 aromatic carbocycles. The van der Waals surface area contributed by atoms with Crippen LogP contribution in [-0.2, 0) is 22.6 Å². The zero-order chi connectivity index (χ0) is 26.0. The summed E-state index contributed by atoms with van der Waals surface area (Å²) >= 11 is 0. The van der Waals surface area contributed by atoms with Crippen LogP contribution in [0.25, 0.3) is 0 Å². The fourth-order valence-electron chi connectivity index (χ4n) is 4.54. The maximum atomic E-state index is 13.4. The number of rotatable bonds is 5. The zero-order valence-corrected chi connectivity index (χ0v) is 19.7. The van der Waals surface area contributed by atoms with Gasteiger partial charge in [0.2, 0.25) is 5.91 Å². The predicted molar refractivity (Wildman–Crippen MR) is 131 cm³/mol. The summed E-state index contributed by atoms with van der Waals surface area (Å²) < 4.78 is 0. The number of nitrogens with two attached hydrogens (primary N) is 1. The van der Waals surface area contributed by atoms with Crippen molar-refractivity contribution in [1.29, 1.82) is 0 Å². The van der Waals surface area contributed by atoms with E-state index in [0.717, 1.165) is 11.1 Å². The van der Waals surface area contributed by atoms with Crippen molar-refractivity contribution in [2.75, 3.05) is 5.32 Å². The van der Waals surface area contributed by atoms with Crippen molar-refractivity contribution in [3.8, 4) is 0 Å². The van der Waals surface area contributed by atoms with Gasteiger partial charge in [-0.1, -0.05) is 30.3 Å². The van der Waals surface area contributed by atoms with E-state index in [1.807, 2.05) is 24.3 Å². The number of nitrogens with one attached hydrogen (secondary N) is 2. The molecule has 4 rings (SSSR count). The van der Waals surface area contributed by atoms with E-state index < -0.39 is 42.1 Å². The van der Waals surface area contributed by atoms with Gasteiger partial charge in [-0.15, -0.1) is 0 Å². The standard InChI is InChI=1S/C26H28N4O6/c1-14(31)15-6-8-19(9-7-15)28-26(36)29-20-10-18(12-22(32)23(20)33)25(35)30-13-17-5-3-2-4-16(17)11-21(30)24(27)34/h2-10,20-23,32-33H,11-13H2,1H3,(H2,27,34)(H2,28,29,36)/t20-,21+,22-,23-/m1/s1. The zero-order valence-electron chi connectivity index (χ0n) is 19.7. The van der Waals surface area contributed by atoms with Gasteiger partial charge < -0.3 is 31.5 Å². The highest BCUT2D eigenvalue weighted by Gasteiger charge is 2.39. The van der Waals surface area contributed by atoms with E-state index in [-0.39, 0.29) is 30.7 Å². The Labute approximate surface area is 207 Å². The molecule has 0 saturated heterocycles. The molecule has 36 heavy (non-hydrogen) atoms. The first-order chi connectivity index (χ1) is 17.1. The van der Waals surface area contributed by atoms with Gasteiger partial charge >= 0.3 is 6.03 Å². The minimum absolute atomic E-state index is 0.108. The highest BCUT2D eigenvalue weighted by molar-refractivity contribution is 5.98. The SMILES string of the molecule is CC(=O)c1ccc(NC(=O)N[C@@H]2C=C(C(=O)N3Cc4ccccc4C[C@H]3C(N)=O)C[C@@H](O)[C@@H]2O)cc1. The molecule has 1 aliphatic heterocycles. The van der Waals surface area contributed by atoms with Gasteiger partial charge in [0.25, 0.3) is 5.91 Å². The lowest BCUT2D eigenvalue weighted by molar-refractivity contribution is -0.138. The van der Waals surface area contributed by atoms with E-state index >= 15 is 0 Å². The van der Waals surface area contributed by atoms with Gasteiger partial charge in [0.05, 0.1) is 12.1 Å². The highest BCUT2D eigenvalue weighted by atomic mass is 16.3. The van der Waals surface area contributed by atoms with Crippen molar-refractivity contribution in [3.05, 3.63) is 76.9 Å². The maximum absolute atomic E-state index is 13.4. The number of primary amides is 1. The van der Waals surface area contributed by atoms with Crippen LogP contribution in [0.1, 0.15) is 34.8 Å². The number of hydrogen-bond acceptors (Lipinski definition) is 6. The van der Waals surface area contributed by atoms with Crippen LogP contribution in [0.3, 0.4) is 0 Å². The van der Waals surface area contributed by atoms with Crippen LogP contribution < -0.4 is 16.4 Å². The Hall–Kier alpha value is -4.02. The van der Waals surface area contributed by atoms with Gasteiger partial charge in [-0.3, -0.25) is 14.4 Å². The smallest absolute Gasteiger partial charge is 0.319 e. The van der Waals surface area contributed by atoms with Gasteiger partial charge in [-0.2, -0.15) is 0 Å². The van der Waals surface area contributed by atoms with Crippen molar-refractivity contribution in [2.45, 2.75) is 50.6 Å². The third-order valence-electron chi connectivity index (χ3n) is 6.53. The summed E-state index contributed by atoms with van der Waals surface area (Å²) in [5.74, 6) is -1.24. The quantitative estimate of drug-likeness (QED) is 0.389. The Morgan fingerprint density at radius 1 is 0.972 bits per heavy atom. The molecule has 0 radical (unpaired) electrons. The van der Waals surface area contributed by atoms with Crippen molar-refractivity contribution >= 4 is 29.3 Å². The molecule has 10 nitrogen and oxygen atoms in total.